The first-order valence-electron chi connectivity index (χ1n) is 9.73. The maximum Gasteiger partial charge on any atom is 0.357 e. The summed E-state index contributed by atoms with van der Waals surface area (Å²) >= 11 is 6.25. The summed E-state index contributed by atoms with van der Waals surface area (Å²) in [6.45, 7) is 3.79. The Morgan fingerprint density at radius 1 is 1.19 bits per heavy atom. The number of nitrogen functional groups attached to an aromatic ring is 1. The Balaban J connectivity index is 1.85. The number of carbonyl (C=O) groups is 1. The minimum Gasteiger partial charge on any atom is -0.458 e. The van der Waals surface area contributed by atoms with Gasteiger partial charge in [0.1, 0.15) is 11.5 Å². The Morgan fingerprint density at radius 3 is 2.71 bits per heavy atom. The van der Waals surface area contributed by atoms with Crippen molar-refractivity contribution < 1.29 is 19.0 Å². The number of carbonyl (C=O) groups excluding carboxylic acids is 1. The molecule has 3 N–H and O–H groups in total. The zero-order chi connectivity index (χ0) is 22.1. The molecule has 2 heterocycles. The Morgan fingerprint density at radius 2 is 2.00 bits per heavy atom. The molecule has 0 spiro atoms. The fourth-order valence-electron chi connectivity index (χ4n) is 3.46. The van der Waals surface area contributed by atoms with Gasteiger partial charge in [-0.3, -0.25) is 0 Å². The number of aromatic amines is 1. The Hall–Kier alpha value is -3.29. The van der Waals surface area contributed by atoms with E-state index in [2.05, 4.69) is 9.97 Å². The molecule has 0 aliphatic rings. The Kier molecular flexibility index (Phi) is 5.71. The summed E-state index contributed by atoms with van der Waals surface area (Å²) in [7, 11) is 1.57. The number of methoxy groups -OCH3 is 1. The normalized spacial score (nSPS) is 11.4. The van der Waals surface area contributed by atoms with Gasteiger partial charge in [0.2, 0.25) is 0 Å². The highest BCUT2D eigenvalue weighted by atomic mass is 35.5. The predicted molar refractivity (Wildman–Crippen MR) is 121 cm³/mol. The summed E-state index contributed by atoms with van der Waals surface area (Å²) in [4.78, 5) is 20.3. The number of halogens is 1. The second-order valence-corrected chi connectivity index (χ2v) is 7.79. The van der Waals surface area contributed by atoms with E-state index < -0.39 is 5.97 Å². The lowest BCUT2D eigenvalue weighted by Gasteiger charge is -2.12. The van der Waals surface area contributed by atoms with E-state index >= 15 is 0 Å². The van der Waals surface area contributed by atoms with Crippen LogP contribution in [0.25, 0.3) is 21.8 Å². The average molecular weight is 440 g/mol. The Bertz CT molecular complexity index is 1280. The lowest BCUT2D eigenvalue weighted by atomic mass is 10.1. The zero-order valence-corrected chi connectivity index (χ0v) is 18.1. The monoisotopic (exact) mass is 439 g/mol. The number of anilines is 1. The Labute approximate surface area is 184 Å². The molecule has 8 heteroatoms. The van der Waals surface area contributed by atoms with Crippen LogP contribution in [0.4, 0.5) is 5.69 Å². The number of nitrogens with zero attached hydrogens (tertiary/aromatic N) is 1. The lowest BCUT2D eigenvalue weighted by molar-refractivity contribution is 0.0366. The first-order chi connectivity index (χ1) is 14.9. The topological polar surface area (TPSA) is 99.5 Å². The van der Waals surface area contributed by atoms with Crippen LogP contribution in [0.3, 0.4) is 0 Å². The first kappa shape index (κ1) is 21.0. The molecule has 0 aliphatic carbocycles. The van der Waals surface area contributed by atoms with Crippen LogP contribution in [0.1, 0.15) is 29.9 Å². The number of pyridine rings is 1. The highest BCUT2D eigenvalue weighted by Crippen LogP contribution is 2.36. The average Bonchev–Trinajstić information content (AvgIpc) is 3.08. The van der Waals surface area contributed by atoms with Crippen LogP contribution in [0.15, 0.2) is 42.6 Å². The number of nitrogens with two attached hydrogens (primary N) is 1. The van der Waals surface area contributed by atoms with Crippen molar-refractivity contribution in [1.29, 1.82) is 0 Å². The van der Waals surface area contributed by atoms with Crippen LogP contribution in [0, 0.1) is 0 Å². The van der Waals surface area contributed by atoms with Gasteiger partial charge in [0.25, 0.3) is 0 Å². The molecule has 0 saturated carbocycles. The van der Waals surface area contributed by atoms with Gasteiger partial charge in [-0.2, -0.15) is 0 Å². The molecule has 0 bridgehead atoms. The van der Waals surface area contributed by atoms with Gasteiger partial charge < -0.3 is 24.9 Å². The first-order valence-corrected chi connectivity index (χ1v) is 10.1. The van der Waals surface area contributed by atoms with E-state index in [1.54, 1.807) is 45.4 Å². The fraction of sp³-hybridized carbons (Fsp3) is 0.217. The number of fused-ring (bicyclic) bond motifs is 3. The highest BCUT2D eigenvalue weighted by molar-refractivity contribution is 6.32. The largest absolute Gasteiger partial charge is 0.458 e. The van der Waals surface area contributed by atoms with Gasteiger partial charge in [-0.15, -0.1) is 0 Å². The second kappa shape index (κ2) is 8.45. The fourth-order valence-corrected chi connectivity index (χ4v) is 3.69. The molecule has 0 fully saturated rings. The van der Waals surface area contributed by atoms with E-state index in [0.29, 0.717) is 27.8 Å². The third-order valence-corrected chi connectivity index (χ3v) is 5.01. The number of hydrogen-bond acceptors (Lipinski definition) is 6. The maximum absolute atomic E-state index is 12.6. The molecule has 2 aromatic heterocycles. The zero-order valence-electron chi connectivity index (χ0n) is 17.4. The molecule has 7 nitrogen and oxygen atoms in total. The third kappa shape index (κ3) is 4.15. The third-order valence-electron chi connectivity index (χ3n) is 4.72. The molecule has 4 aromatic rings. The van der Waals surface area contributed by atoms with E-state index in [1.165, 1.54) is 0 Å². The van der Waals surface area contributed by atoms with Gasteiger partial charge >= 0.3 is 5.97 Å². The van der Waals surface area contributed by atoms with Crippen LogP contribution in [0.2, 0.25) is 5.02 Å². The number of benzene rings is 2. The molecule has 31 heavy (non-hydrogen) atoms. The summed E-state index contributed by atoms with van der Waals surface area (Å²) in [5.41, 5.74) is 8.86. The summed E-state index contributed by atoms with van der Waals surface area (Å²) < 4.78 is 16.7. The highest BCUT2D eigenvalue weighted by Gasteiger charge is 2.21. The van der Waals surface area contributed by atoms with Crippen LogP contribution in [-0.4, -0.2) is 29.2 Å². The molecule has 0 radical (unpaired) electrons. The summed E-state index contributed by atoms with van der Waals surface area (Å²) in [5, 5.41) is 2.12. The van der Waals surface area contributed by atoms with Crippen LogP contribution in [-0.2, 0) is 16.1 Å². The standard InChI is InChI=1S/C23H22ClN3O4/c1-12(2)30-23(28)22-16(11-29-3)21-15-9-14(5-6-18(15)27-19(21)10-26-22)31-20-7-4-13(25)8-17(20)24/h4-10,12,27H,11,25H2,1-3H3. The minimum absolute atomic E-state index is 0.203. The van der Waals surface area contributed by atoms with Crippen molar-refractivity contribution in [2.45, 2.75) is 26.6 Å². The molecule has 0 aliphatic heterocycles. The minimum atomic E-state index is -0.487. The molecule has 0 amide bonds. The van der Waals surface area contributed by atoms with Gasteiger partial charge in [-0.25, -0.2) is 9.78 Å². The van der Waals surface area contributed by atoms with Gasteiger partial charge in [-0.1, -0.05) is 11.6 Å². The van der Waals surface area contributed by atoms with Crippen molar-refractivity contribution in [2.75, 3.05) is 12.8 Å². The van der Waals surface area contributed by atoms with E-state index in [-0.39, 0.29) is 18.4 Å². The van der Waals surface area contributed by atoms with Gasteiger partial charge in [-0.05, 0) is 50.2 Å². The van der Waals surface area contributed by atoms with Gasteiger partial charge in [0, 0.05) is 34.6 Å². The van der Waals surface area contributed by atoms with Crippen molar-refractivity contribution in [2.24, 2.45) is 0 Å². The van der Waals surface area contributed by atoms with Crippen molar-refractivity contribution in [3.05, 3.63) is 58.9 Å². The van der Waals surface area contributed by atoms with Crippen molar-refractivity contribution in [3.8, 4) is 11.5 Å². The number of nitrogens with one attached hydrogen (secondary N) is 1. The number of ether oxygens (including phenoxy) is 3. The van der Waals surface area contributed by atoms with Gasteiger partial charge in [0.15, 0.2) is 5.69 Å². The second-order valence-electron chi connectivity index (χ2n) is 7.39. The molecule has 0 atom stereocenters. The predicted octanol–water partition coefficient (Wildman–Crippen LogP) is 5.46. The van der Waals surface area contributed by atoms with E-state index in [1.807, 2.05) is 18.2 Å². The SMILES string of the molecule is COCc1c(C(=O)OC(C)C)ncc2[nH]c3ccc(Oc4ccc(N)cc4Cl)cc3c12. The van der Waals surface area contributed by atoms with Crippen molar-refractivity contribution in [3.63, 3.8) is 0 Å². The molecule has 0 saturated heterocycles. The summed E-state index contributed by atoms with van der Waals surface area (Å²) in [6.07, 6.45) is 1.37. The quantitative estimate of drug-likeness (QED) is 0.306. The van der Waals surface area contributed by atoms with E-state index in [0.717, 1.165) is 21.8 Å². The molecule has 0 unspecified atom stereocenters. The summed E-state index contributed by atoms with van der Waals surface area (Å²) in [5.74, 6) is 0.598. The molecular formula is C23H22ClN3O4. The maximum atomic E-state index is 12.6. The smallest absolute Gasteiger partial charge is 0.357 e. The molecular weight excluding hydrogens is 418 g/mol. The molecule has 4 rings (SSSR count). The van der Waals surface area contributed by atoms with Crippen molar-refractivity contribution in [1.82, 2.24) is 9.97 Å². The number of H-pyrrole nitrogens is 1. The van der Waals surface area contributed by atoms with Gasteiger partial charge in [0.05, 0.1) is 29.4 Å². The summed E-state index contributed by atoms with van der Waals surface area (Å²) in [6, 6.07) is 10.7. The molecule has 160 valence electrons. The van der Waals surface area contributed by atoms with Crippen molar-refractivity contribution >= 4 is 45.1 Å². The van der Waals surface area contributed by atoms with Crippen LogP contribution >= 0.6 is 11.6 Å². The number of aromatic nitrogens is 2. The number of hydrogen-bond donors (Lipinski definition) is 2. The molecule has 2 aromatic carbocycles. The van der Waals surface area contributed by atoms with E-state index in [9.17, 15) is 4.79 Å². The number of rotatable bonds is 6. The van der Waals surface area contributed by atoms with Crippen LogP contribution < -0.4 is 10.5 Å². The van der Waals surface area contributed by atoms with E-state index in [4.69, 9.17) is 31.5 Å². The van der Waals surface area contributed by atoms with Crippen LogP contribution in [0.5, 0.6) is 11.5 Å². The number of esters is 1. The lowest BCUT2D eigenvalue weighted by Crippen LogP contribution is -2.15.